The van der Waals surface area contributed by atoms with E-state index in [1.54, 1.807) is 6.07 Å². The van der Waals surface area contributed by atoms with Crippen molar-refractivity contribution in [2.75, 3.05) is 17.7 Å². The van der Waals surface area contributed by atoms with Crippen LogP contribution in [0.25, 0.3) is 0 Å². The molecule has 2 N–H and O–H groups in total. The molecular formula is C13H15ClN2O. The van der Waals surface area contributed by atoms with E-state index < -0.39 is 0 Å². The predicted octanol–water partition coefficient (Wildman–Crippen LogP) is 3.46. The molecule has 2 rings (SSSR count). The Morgan fingerprint density at radius 1 is 1.29 bits per heavy atom. The lowest BCUT2D eigenvalue weighted by Gasteiger charge is -2.19. The van der Waals surface area contributed by atoms with Crippen LogP contribution >= 0.6 is 11.6 Å². The number of nitrogen functional groups attached to an aromatic ring is 1. The summed E-state index contributed by atoms with van der Waals surface area (Å²) in [6, 6.07) is 9.42. The fourth-order valence-electron chi connectivity index (χ4n) is 1.72. The molecule has 0 amide bonds. The molecule has 1 heterocycles. The molecule has 1 aromatic carbocycles. The Kier molecular flexibility index (Phi) is 3.29. The van der Waals surface area contributed by atoms with E-state index in [1.165, 1.54) is 0 Å². The first-order valence-corrected chi connectivity index (χ1v) is 5.75. The third kappa shape index (κ3) is 2.74. The molecule has 0 bridgehead atoms. The predicted molar refractivity (Wildman–Crippen MR) is 71.4 cm³/mol. The number of anilines is 2. The van der Waals surface area contributed by atoms with Crippen molar-refractivity contribution in [2.45, 2.75) is 13.5 Å². The minimum Gasteiger partial charge on any atom is -0.464 e. The number of benzene rings is 1. The van der Waals surface area contributed by atoms with Gasteiger partial charge in [-0.2, -0.15) is 0 Å². The van der Waals surface area contributed by atoms with Crippen molar-refractivity contribution in [1.82, 2.24) is 0 Å². The number of nitrogens with two attached hydrogens (primary N) is 1. The molecule has 1 aromatic heterocycles. The third-order valence-electron chi connectivity index (χ3n) is 2.57. The van der Waals surface area contributed by atoms with E-state index in [0.717, 1.165) is 17.2 Å². The van der Waals surface area contributed by atoms with E-state index in [9.17, 15) is 0 Å². The summed E-state index contributed by atoms with van der Waals surface area (Å²) in [5.74, 6) is 1.83. The van der Waals surface area contributed by atoms with Crippen LogP contribution in [0, 0.1) is 6.92 Å². The zero-order valence-electron chi connectivity index (χ0n) is 9.90. The van der Waals surface area contributed by atoms with Crippen molar-refractivity contribution < 1.29 is 4.42 Å². The molecule has 0 aliphatic carbocycles. The van der Waals surface area contributed by atoms with E-state index in [1.807, 2.05) is 43.1 Å². The van der Waals surface area contributed by atoms with Crippen LogP contribution in [-0.2, 0) is 6.54 Å². The zero-order valence-corrected chi connectivity index (χ0v) is 10.7. The summed E-state index contributed by atoms with van der Waals surface area (Å²) in [5.41, 5.74) is 7.27. The Morgan fingerprint density at radius 3 is 2.65 bits per heavy atom. The molecule has 0 radical (unpaired) electrons. The average molecular weight is 251 g/mol. The highest BCUT2D eigenvalue weighted by Crippen LogP contribution is 2.28. The molecule has 0 aliphatic rings. The van der Waals surface area contributed by atoms with Crippen LogP contribution in [0.3, 0.4) is 0 Å². The molecule has 0 aliphatic heterocycles. The molecule has 0 fully saturated rings. The van der Waals surface area contributed by atoms with E-state index in [4.69, 9.17) is 21.8 Å². The van der Waals surface area contributed by atoms with Gasteiger partial charge < -0.3 is 15.1 Å². The normalized spacial score (nSPS) is 10.5. The van der Waals surface area contributed by atoms with E-state index in [2.05, 4.69) is 0 Å². The second-order valence-electron chi connectivity index (χ2n) is 4.08. The van der Waals surface area contributed by atoms with Crippen LogP contribution in [0.15, 0.2) is 34.7 Å². The molecule has 0 unspecified atom stereocenters. The van der Waals surface area contributed by atoms with Crippen molar-refractivity contribution in [3.63, 3.8) is 0 Å². The molecule has 2 aromatic rings. The summed E-state index contributed by atoms with van der Waals surface area (Å²) in [6.07, 6.45) is 0. The van der Waals surface area contributed by atoms with E-state index in [-0.39, 0.29) is 0 Å². The van der Waals surface area contributed by atoms with Crippen molar-refractivity contribution in [3.05, 3.63) is 46.9 Å². The summed E-state index contributed by atoms with van der Waals surface area (Å²) in [7, 11) is 1.97. The minimum atomic E-state index is 0.649. The monoisotopic (exact) mass is 250 g/mol. The SMILES string of the molecule is Cc1ccc(CN(C)c2ccc(N)cc2Cl)o1. The van der Waals surface area contributed by atoms with Crippen LogP contribution < -0.4 is 10.6 Å². The van der Waals surface area contributed by atoms with Crippen molar-refractivity contribution in [2.24, 2.45) is 0 Å². The molecular weight excluding hydrogens is 236 g/mol. The maximum absolute atomic E-state index is 6.14. The zero-order chi connectivity index (χ0) is 12.4. The quantitative estimate of drug-likeness (QED) is 0.849. The lowest BCUT2D eigenvalue weighted by Crippen LogP contribution is -2.16. The van der Waals surface area contributed by atoms with E-state index in [0.29, 0.717) is 17.3 Å². The minimum absolute atomic E-state index is 0.649. The van der Waals surface area contributed by atoms with Crippen LogP contribution in [0.5, 0.6) is 0 Å². The van der Waals surface area contributed by atoms with Gasteiger partial charge in [-0.25, -0.2) is 0 Å². The van der Waals surface area contributed by atoms with Gasteiger partial charge in [-0.3, -0.25) is 0 Å². The Labute approximate surface area is 106 Å². The number of halogens is 1. The van der Waals surface area contributed by atoms with Crippen LogP contribution in [0.4, 0.5) is 11.4 Å². The maximum Gasteiger partial charge on any atom is 0.123 e. The maximum atomic E-state index is 6.14. The van der Waals surface area contributed by atoms with Crippen molar-refractivity contribution in [3.8, 4) is 0 Å². The fourth-order valence-corrected chi connectivity index (χ4v) is 2.06. The van der Waals surface area contributed by atoms with Gasteiger partial charge in [0, 0.05) is 12.7 Å². The summed E-state index contributed by atoms with van der Waals surface area (Å²) in [6.45, 7) is 2.61. The van der Waals surface area contributed by atoms with Gasteiger partial charge in [-0.1, -0.05) is 11.6 Å². The molecule has 17 heavy (non-hydrogen) atoms. The summed E-state index contributed by atoms with van der Waals surface area (Å²) >= 11 is 6.14. The molecule has 0 spiro atoms. The fraction of sp³-hybridized carbons (Fsp3) is 0.231. The standard InChI is InChI=1S/C13H15ClN2O/c1-9-3-5-11(17-9)8-16(2)13-6-4-10(15)7-12(13)14/h3-7H,8,15H2,1-2H3. The number of hydrogen-bond acceptors (Lipinski definition) is 3. The lowest BCUT2D eigenvalue weighted by atomic mass is 10.2. The Hall–Kier alpha value is -1.61. The van der Waals surface area contributed by atoms with Gasteiger partial charge in [-0.15, -0.1) is 0 Å². The second-order valence-corrected chi connectivity index (χ2v) is 4.49. The summed E-state index contributed by atoms with van der Waals surface area (Å²) < 4.78 is 5.53. The first-order valence-electron chi connectivity index (χ1n) is 5.38. The van der Waals surface area contributed by atoms with Gasteiger partial charge in [0.05, 0.1) is 17.3 Å². The highest BCUT2D eigenvalue weighted by Gasteiger charge is 2.08. The van der Waals surface area contributed by atoms with Crippen LogP contribution in [0.1, 0.15) is 11.5 Å². The molecule has 0 atom stereocenters. The number of rotatable bonds is 3. The second kappa shape index (κ2) is 4.72. The van der Waals surface area contributed by atoms with Gasteiger partial charge in [0.2, 0.25) is 0 Å². The molecule has 90 valence electrons. The Balaban J connectivity index is 2.17. The first-order chi connectivity index (χ1) is 8.06. The number of nitrogens with zero attached hydrogens (tertiary/aromatic N) is 1. The van der Waals surface area contributed by atoms with Gasteiger partial charge in [-0.05, 0) is 37.3 Å². The van der Waals surface area contributed by atoms with Gasteiger partial charge in [0.25, 0.3) is 0 Å². The van der Waals surface area contributed by atoms with Gasteiger partial charge >= 0.3 is 0 Å². The molecule has 0 saturated carbocycles. The van der Waals surface area contributed by atoms with Gasteiger partial charge in [0.1, 0.15) is 11.5 Å². The van der Waals surface area contributed by atoms with Gasteiger partial charge in [0.15, 0.2) is 0 Å². The molecule has 4 heteroatoms. The topological polar surface area (TPSA) is 42.4 Å². The van der Waals surface area contributed by atoms with Crippen LogP contribution in [-0.4, -0.2) is 7.05 Å². The summed E-state index contributed by atoms with van der Waals surface area (Å²) in [5, 5.41) is 0.649. The smallest absolute Gasteiger partial charge is 0.123 e. The average Bonchev–Trinajstić information content (AvgIpc) is 2.63. The highest BCUT2D eigenvalue weighted by molar-refractivity contribution is 6.33. The van der Waals surface area contributed by atoms with Crippen LogP contribution in [0.2, 0.25) is 5.02 Å². The first kappa shape index (κ1) is 11.9. The number of aryl methyl sites for hydroxylation is 1. The van der Waals surface area contributed by atoms with E-state index >= 15 is 0 Å². The summed E-state index contributed by atoms with van der Waals surface area (Å²) in [4.78, 5) is 2.03. The Morgan fingerprint density at radius 2 is 2.06 bits per heavy atom. The lowest BCUT2D eigenvalue weighted by molar-refractivity contribution is 0.482. The van der Waals surface area contributed by atoms with Crippen molar-refractivity contribution >= 4 is 23.0 Å². The highest BCUT2D eigenvalue weighted by atomic mass is 35.5. The Bertz CT molecular complexity index is 522. The number of hydrogen-bond donors (Lipinski definition) is 1. The largest absolute Gasteiger partial charge is 0.464 e. The molecule has 0 saturated heterocycles. The van der Waals surface area contributed by atoms with Crippen molar-refractivity contribution in [1.29, 1.82) is 0 Å². The third-order valence-corrected chi connectivity index (χ3v) is 2.87. The number of furan rings is 1. The molecule has 3 nitrogen and oxygen atoms in total.